The number of benzene rings is 1. The zero-order valence-corrected chi connectivity index (χ0v) is 14.5. The summed E-state index contributed by atoms with van der Waals surface area (Å²) in [5, 5.41) is 9.07. The van der Waals surface area contributed by atoms with Crippen LogP contribution in [0.2, 0.25) is 0 Å². The molecule has 2 amide bonds. The summed E-state index contributed by atoms with van der Waals surface area (Å²) < 4.78 is 0. The normalized spacial score (nSPS) is 17.5. The Labute approximate surface area is 144 Å². The van der Waals surface area contributed by atoms with Crippen molar-refractivity contribution in [3.8, 4) is 0 Å². The highest BCUT2D eigenvalue weighted by Gasteiger charge is 2.26. The maximum atomic E-state index is 12.1. The second kappa shape index (κ2) is 9.53. The predicted molar refractivity (Wildman–Crippen MR) is 94.9 cm³/mol. The topological polar surface area (TPSA) is 70.2 Å². The molecule has 6 heteroatoms. The number of carbonyl (C=O) groups is 2. The van der Waals surface area contributed by atoms with Crippen LogP contribution in [-0.4, -0.2) is 30.9 Å². The molecule has 1 aliphatic rings. The molecule has 0 fully saturated rings. The van der Waals surface area contributed by atoms with Crippen molar-refractivity contribution >= 4 is 29.9 Å². The van der Waals surface area contributed by atoms with Crippen molar-refractivity contribution in [2.75, 3.05) is 18.4 Å². The lowest BCUT2D eigenvalue weighted by Crippen LogP contribution is -2.39. The molecule has 1 unspecified atom stereocenters. The predicted octanol–water partition coefficient (Wildman–Crippen LogP) is 2.11. The Bertz CT molecular complexity index is 536. The first-order valence-electron chi connectivity index (χ1n) is 7.99. The zero-order valence-electron chi connectivity index (χ0n) is 13.7. The molecule has 0 bridgehead atoms. The number of nitrogens with one attached hydrogen (secondary N) is 3. The van der Waals surface area contributed by atoms with Gasteiger partial charge in [-0.2, -0.15) is 0 Å². The lowest BCUT2D eigenvalue weighted by Gasteiger charge is -2.24. The van der Waals surface area contributed by atoms with Gasteiger partial charge in [-0.3, -0.25) is 9.59 Å². The third-order valence-electron chi connectivity index (χ3n) is 3.99. The van der Waals surface area contributed by atoms with E-state index in [0.717, 1.165) is 17.8 Å². The van der Waals surface area contributed by atoms with E-state index in [1.807, 2.05) is 38.1 Å². The molecule has 0 spiro atoms. The molecule has 5 nitrogen and oxygen atoms in total. The smallest absolute Gasteiger partial charge is 0.227 e. The van der Waals surface area contributed by atoms with E-state index in [4.69, 9.17) is 0 Å². The minimum absolute atomic E-state index is 0. The van der Waals surface area contributed by atoms with Gasteiger partial charge in [0.15, 0.2) is 0 Å². The summed E-state index contributed by atoms with van der Waals surface area (Å²) in [6.07, 6.45) is 1.68. The van der Waals surface area contributed by atoms with Crippen LogP contribution in [0.5, 0.6) is 0 Å². The summed E-state index contributed by atoms with van der Waals surface area (Å²) >= 11 is 0. The highest BCUT2D eigenvalue weighted by atomic mass is 35.5. The van der Waals surface area contributed by atoms with Crippen LogP contribution in [0.4, 0.5) is 5.69 Å². The Hall–Kier alpha value is -1.59. The highest BCUT2D eigenvalue weighted by Crippen LogP contribution is 2.27. The fourth-order valence-corrected chi connectivity index (χ4v) is 2.73. The van der Waals surface area contributed by atoms with Gasteiger partial charge in [0.25, 0.3) is 0 Å². The molecule has 0 saturated heterocycles. The molecule has 0 aromatic heterocycles. The van der Waals surface area contributed by atoms with Gasteiger partial charge < -0.3 is 16.0 Å². The molecule has 23 heavy (non-hydrogen) atoms. The third-order valence-corrected chi connectivity index (χ3v) is 3.99. The molecular weight excluding hydrogens is 314 g/mol. The standard InChI is InChI=1S/C17H25N3O2.ClH/c1-3-18-12(2)11-19-16(21)9-8-14-10-13-6-4-5-7-15(13)20-17(14)22;/h4-7,12,14,18H,3,8-11H2,1-2H3,(H,19,21)(H,20,22);1H/t12-,14?;/m1./s1. The zero-order chi connectivity index (χ0) is 15.9. The van der Waals surface area contributed by atoms with Crippen molar-refractivity contribution in [1.29, 1.82) is 0 Å². The molecule has 0 radical (unpaired) electrons. The van der Waals surface area contributed by atoms with Gasteiger partial charge in [0.2, 0.25) is 11.8 Å². The van der Waals surface area contributed by atoms with Crippen molar-refractivity contribution in [3.63, 3.8) is 0 Å². The third kappa shape index (κ3) is 5.84. The summed E-state index contributed by atoms with van der Waals surface area (Å²) in [6.45, 7) is 5.58. The summed E-state index contributed by atoms with van der Waals surface area (Å²) in [6, 6.07) is 8.09. The fraction of sp³-hybridized carbons (Fsp3) is 0.529. The second-order valence-electron chi connectivity index (χ2n) is 5.85. The first-order chi connectivity index (χ1) is 10.6. The number of hydrogen-bond acceptors (Lipinski definition) is 3. The van der Waals surface area contributed by atoms with Crippen LogP contribution in [0.1, 0.15) is 32.3 Å². The maximum Gasteiger partial charge on any atom is 0.227 e. The number of fused-ring (bicyclic) bond motifs is 1. The van der Waals surface area contributed by atoms with E-state index in [1.54, 1.807) is 0 Å². The second-order valence-corrected chi connectivity index (χ2v) is 5.85. The van der Waals surface area contributed by atoms with Gasteiger partial charge in [0.1, 0.15) is 0 Å². The Morgan fingerprint density at radius 3 is 2.87 bits per heavy atom. The van der Waals surface area contributed by atoms with E-state index in [0.29, 0.717) is 25.8 Å². The molecular formula is C17H26ClN3O2. The van der Waals surface area contributed by atoms with E-state index >= 15 is 0 Å². The molecule has 128 valence electrons. The van der Waals surface area contributed by atoms with E-state index < -0.39 is 0 Å². The summed E-state index contributed by atoms with van der Waals surface area (Å²) in [7, 11) is 0. The van der Waals surface area contributed by atoms with Gasteiger partial charge >= 0.3 is 0 Å². The summed E-state index contributed by atoms with van der Waals surface area (Å²) in [5.41, 5.74) is 2.04. The van der Waals surface area contributed by atoms with Crippen LogP contribution in [0.25, 0.3) is 0 Å². The van der Waals surface area contributed by atoms with E-state index in [2.05, 4.69) is 16.0 Å². The molecule has 0 saturated carbocycles. The van der Waals surface area contributed by atoms with Crippen LogP contribution >= 0.6 is 12.4 Å². The molecule has 1 aromatic rings. The largest absolute Gasteiger partial charge is 0.355 e. The van der Waals surface area contributed by atoms with Crippen molar-refractivity contribution in [3.05, 3.63) is 29.8 Å². The molecule has 1 aliphatic heterocycles. The van der Waals surface area contributed by atoms with Crippen LogP contribution in [0.3, 0.4) is 0 Å². The van der Waals surface area contributed by atoms with Crippen LogP contribution in [-0.2, 0) is 16.0 Å². The summed E-state index contributed by atoms with van der Waals surface area (Å²) in [5.74, 6) is -0.0873. The minimum atomic E-state index is -0.119. The van der Waals surface area contributed by atoms with Crippen LogP contribution in [0, 0.1) is 5.92 Å². The van der Waals surface area contributed by atoms with E-state index in [-0.39, 0.29) is 36.2 Å². The Kier molecular flexibility index (Phi) is 8.06. The van der Waals surface area contributed by atoms with Gasteiger partial charge in [-0.1, -0.05) is 25.1 Å². The lowest BCUT2D eigenvalue weighted by molar-refractivity contribution is -0.122. The van der Waals surface area contributed by atoms with Crippen molar-refractivity contribution in [1.82, 2.24) is 10.6 Å². The quantitative estimate of drug-likeness (QED) is 0.712. The highest BCUT2D eigenvalue weighted by molar-refractivity contribution is 5.96. The monoisotopic (exact) mass is 339 g/mol. The first-order valence-corrected chi connectivity index (χ1v) is 7.99. The molecule has 1 heterocycles. The van der Waals surface area contributed by atoms with Gasteiger partial charge in [0, 0.05) is 30.6 Å². The van der Waals surface area contributed by atoms with Crippen molar-refractivity contribution in [2.24, 2.45) is 5.92 Å². The van der Waals surface area contributed by atoms with Crippen molar-refractivity contribution < 1.29 is 9.59 Å². The van der Waals surface area contributed by atoms with Crippen LogP contribution in [0.15, 0.2) is 24.3 Å². The number of amides is 2. The lowest BCUT2D eigenvalue weighted by atomic mass is 9.89. The average Bonchev–Trinajstić information content (AvgIpc) is 2.51. The van der Waals surface area contributed by atoms with Gasteiger partial charge in [-0.05, 0) is 37.9 Å². The maximum absolute atomic E-state index is 12.1. The SMILES string of the molecule is CCN[C@H](C)CNC(=O)CCC1Cc2ccccc2NC1=O.Cl. The van der Waals surface area contributed by atoms with E-state index in [1.165, 1.54) is 0 Å². The molecule has 0 aliphatic carbocycles. The van der Waals surface area contributed by atoms with Gasteiger partial charge in [-0.25, -0.2) is 0 Å². The number of anilines is 1. The van der Waals surface area contributed by atoms with Gasteiger partial charge in [0.05, 0.1) is 0 Å². The number of hydrogen-bond donors (Lipinski definition) is 3. The molecule has 2 atom stereocenters. The summed E-state index contributed by atoms with van der Waals surface area (Å²) in [4.78, 5) is 23.9. The minimum Gasteiger partial charge on any atom is -0.355 e. The number of para-hydroxylation sites is 1. The van der Waals surface area contributed by atoms with Gasteiger partial charge in [-0.15, -0.1) is 12.4 Å². The van der Waals surface area contributed by atoms with Crippen molar-refractivity contribution in [2.45, 2.75) is 39.2 Å². The number of carbonyl (C=O) groups excluding carboxylic acids is 2. The molecule has 3 N–H and O–H groups in total. The Morgan fingerprint density at radius 1 is 1.39 bits per heavy atom. The number of rotatable bonds is 7. The first kappa shape index (κ1) is 19.5. The van der Waals surface area contributed by atoms with Crippen LogP contribution < -0.4 is 16.0 Å². The molecule has 1 aromatic carbocycles. The van der Waals surface area contributed by atoms with E-state index in [9.17, 15) is 9.59 Å². The average molecular weight is 340 g/mol. The Morgan fingerprint density at radius 2 is 2.13 bits per heavy atom. The number of likely N-dealkylation sites (N-methyl/N-ethyl adjacent to an activating group) is 1. The number of halogens is 1. The Balaban J connectivity index is 0.00000264. The molecule has 2 rings (SSSR count). The fourth-order valence-electron chi connectivity index (χ4n) is 2.73.